The molecular formula is C17H39N3. The SMILES string of the molecule is CCCCCCCCCCCCCCC(N)(N)CCN. The normalized spacial score (nSPS) is 12.0. The molecule has 0 fully saturated rings. The van der Waals surface area contributed by atoms with Crippen LogP contribution in [-0.4, -0.2) is 12.2 Å². The van der Waals surface area contributed by atoms with E-state index in [9.17, 15) is 0 Å². The molecule has 122 valence electrons. The van der Waals surface area contributed by atoms with Crippen molar-refractivity contribution in [1.29, 1.82) is 0 Å². The van der Waals surface area contributed by atoms with Crippen molar-refractivity contribution in [2.75, 3.05) is 6.54 Å². The van der Waals surface area contributed by atoms with Gasteiger partial charge in [0, 0.05) is 0 Å². The second-order valence-corrected chi connectivity index (χ2v) is 6.41. The van der Waals surface area contributed by atoms with Crippen molar-refractivity contribution >= 4 is 0 Å². The summed E-state index contributed by atoms with van der Waals surface area (Å²) in [7, 11) is 0. The van der Waals surface area contributed by atoms with Crippen LogP contribution in [0, 0.1) is 0 Å². The van der Waals surface area contributed by atoms with E-state index in [0.717, 1.165) is 19.3 Å². The Morgan fingerprint density at radius 2 is 1.00 bits per heavy atom. The van der Waals surface area contributed by atoms with Gasteiger partial charge in [-0.1, -0.05) is 84.0 Å². The van der Waals surface area contributed by atoms with Gasteiger partial charge in [0.05, 0.1) is 5.66 Å². The minimum Gasteiger partial charge on any atom is -0.330 e. The standard InChI is InChI=1S/C17H39N3/c1-2-3-4-5-6-7-8-9-10-11-12-13-14-17(19,20)15-16-18/h2-16,18-20H2,1H3. The lowest BCUT2D eigenvalue weighted by Crippen LogP contribution is -2.50. The second kappa shape index (κ2) is 13.8. The molecule has 0 heterocycles. The van der Waals surface area contributed by atoms with E-state index in [1.807, 2.05) is 0 Å². The molecule has 0 aromatic heterocycles. The summed E-state index contributed by atoms with van der Waals surface area (Å²) < 4.78 is 0. The highest BCUT2D eigenvalue weighted by Crippen LogP contribution is 2.14. The molecule has 0 aromatic rings. The molecule has 0 aromatic carbocycles. The number of rotatable bonds is 15. The van der Waals surface area contributed by atoms with Crippen LogP contribution in [0.3, 0.4) is 0 Å². The van der Waals surface area contributed by atoms with Crippen molar-refractivity contribution in [3.63, 3.8) is 0 Å². The first-order chi connectivity index (χ1) is 9.62. The quantitative estimate of drug-likeness (QED) is 0.314. The van der Waals surface area contributed by atoms with E-state index in [2.05, 4.69) is 6.92 Å². The summed E-state index contributed by atoms with van der Waals surface area (Å²) >= 11 is 0. The minimum atomic E-state index is -0.534. The van der Waals surface area contributed by atoms with Crippen LogP contribution >= 0.6 is 0 Å². The first-order valence-electron chi connectivity index (χ1n) is 8.90. The molecule has 20 heavy (non-hydrogen) atoms. The second-order valence-electron chi connectivity index (χ2n) is 6.41. The Morgan fingerprint density at radius 3 is 1.40 bits per heavy atom. The molecule has 0 saturated carbocycles. The number of hydrogen-bond acceptors (Lipinski definition) is 3. The molecule has 0 bridgehead atoms. The van der Waals surface area contributed by atoms with Gasteiger partial charge in [0.25, 0.3) is 0 Å². The highest BCUT2D eigenvalue weighted by molar-refractivity contribution is 4.76. The zero-order valence-electron chi connectivity index (χ0n) is 13.8. The molecule has 0 amide bonds. The molecule has 0 unspecified atom stereocenters. The van der Waals surface area contributed by atoms with Gasteiger partial charge in [0.2, 0.25) is 0 Å². The monoisotopic (exact) mass is 285 g/mol. The van der Waals surface area contributed by atoms with Gasteiger partial charge >= 0.3 is 0 Å². The Bertz CT molecular complexity index is 193. The largest absolute Gasteiger partial charge is 0.330 e. The molecule has 0 aliphatic carbocycles. The summed E-state index contributed by atoms with van der Waals surface area (Å²) in [6.07, 6.45) is 18.0. The molecule has 0 aliphatic rings. The van der Waals surface area contributed by atoms with Gasteiger partial charge in [-0.2, -0.15) is 0 Å². The maximum absolute atomic E-state index is 5.96. The van der Waals surface area contributed by atoms with Crippen LogP contribution in [0.15, 0.2) is 0 Å². The maximum atomic E-state index is 5.96. The van der Waals surface area contributed by atoms with Crippen molar-refractivity contribution in [2.45, 2.75) is 102 Å². The molecule has 3 nitrogen and oxygen atoms in total. The van der Waals surface area contributed by atoms with Gasteiger partial charge in [0.1, 0.15) is 0 Å². The summed E-state index contributed by atoms with van der Waals surface area (Å²) in [6.45, 7) is 2.86. The number of nitrogens with two attached hydrogens (primary N) is 3. The fourth-order valence-electron chi connectivity index (χ4n) is 2.69. The van der Waals surface area contributed by atoms with Crippen molar-refractivity contribution in [3.05, 3.63) is 0 Å². The van der Waals surface area contributed by atoms with E-state index in [1.54, 1.807) is 0 Å². The summed E-state index contributed by atoms with van der Waals surface area (Å²) in [5.74, 6) is 0. The van der Waals surface area contributed by atoms with Gasteiger partial charge in [-0.3, -0.25) is 0 Å². The lowest BCUT2D eigenvalue weighted by atomic mass is 9.99. The van der Waals surface area contributed by atoms with Gasteiger partial charge in [0.15, 0.2) is 0 Å². The first-order valence-corrected chi connectivity index (χ1v) is 8.90. The zero-order valence-corrected chi connectivity index (χ0v) is 13.8. The Kier molecular flexibility index (Phi) is 13.8. The average molecular weight is 286 g/mol. The third-order valence-corrected chi connectivity index (χ3v) is 4.11. The van der Waals surface area contributed by atoms with E-state index in [-0.39, 0.29) is 0 Å². The molecule has 3 heteroatoms. The van der Waals surface area contributed by atoms with Crippen molar-refractivity contribution in [2.24, 2.45) is 17.2 Å². The van der Waals surface area contributed by atoms with Crippen LogP contribution < -0.4 is 17.2 Å². The van der Waals surface area contributed by atoms with Crippen LogP contribution in [0.4, 0.5) is 0 Å². The van der Waals surface area contributed by atoms with Crippen molar-refractivity contribution in [3.8, 4) is 0 Å². The zero-order chi connectivity index (χ0) is 15.1. The molecule has 0 atom stereocenters. The van der Waals surface area contributed by atoms with Gasteiger partial charge in [-0.25, -0.2) is 0 Å². The maximum Gasteiger partial charge on any atom is 0.0648 e. The third-order valence-electron chi connectivity index (χ3n) is 4.11. The van der Waals surface area contributed by atoms with Crippen LogP contribution in [0.1, 0.15) is 96.8 Å². The van der Waals surface area contributed by atoms with E-state index < -0.39 is 5.66 Å². The highest BCUT2D eigenvalue weighted by atomic mass is 15.0. The van der Waals surface area contributed by atoms with E-state index in [1.165, 1.54) is 70.6 Å². The summed E-state index contributed by atoms with van der Waals surface area (Å²) in [5, 5.41) is 0. The van der Waals surface area contributed by atoms with E-state index in [4.69, 9.17) is 17.2 Å². The van der Waals surface area contributed by atoms with Gasteiger partial charge < -0.3 is 17.2 Å². The molecule has 6 N–H and O–H groups in total. The van der Waals surface area contributed by atoms with E-state index in [0.29, 0.717) is 6.54 Å². The highest BCUT2D eigenvalue weighted by Gasteiger charge is 2.16. The summed E-state index contributed by atoms with van der Waals surface area (Å²) in [6, 6.07) is 0. The molecule has 0 aliphatic heterocycles. The van der Waals surface area contributed by atoms with Crippen LogP contribution in [0.5, 0.6) is 0 Å². The van der Waals surface area contributed by atoms with Crippen LogP contribution in [0.2, 0.25) is 0 Å². The van der Waals surface area contributed by atoms with Gasteiger partial charge in [-0.15, -0.1) is 0 Å². The van der Waals surface area contributed by atoms with E-state index >= 15 is 0 Å². The smallest absolute Gasteiger partial charge is 0.0648 e. The van der Waals surface area contributed by atoms with Crippen molar-refractivity contribution in [1.82, 2.24) is 0 Å². The Labute approximate surface area is 127 Å². The Hall–Kier alpha value is -0.120. The molecule has 0 saturated heterocycles. The number of hydrogen-bond donors (Lipinski definition) is 3. The minimum absolute atomic E-state index is 0.534. The summed E-state index contributed by atoms with van der Waals surface area (Å²) in [4.78, 5) is 0. The Balaban J connectivity index is 3.13. The summed E-state index contributed by atoms with van der Waals surface area (Å²) in [5.41, 5.74) is 16.9. The topological polar surface area (TPSA) is 78.1 Å². The molecule has 0 rings (SSSR count). The van der Waals surface area contributed by atoms with Crippen LogP contribution in [-0.2, 0) is 0 Å². The van der Waals surface area contributed by atoms with Crippen molar-refractivity contribution < 1.29 is 0 Å². The average Bonchev–Trinajstić information content (AvgIpc) is 2.40. The predicted molar refractivity (Wildman–Crippen MR) is 90.5 cm³/mol. The first kappa shape index (κ1) is 19.9. The molecule has 0 spiro atoms. The molecular weight excluding hydrogens is 246 g/mol. The fraction of sp³-hybridized carbons (Fsp3) is 1.00. The molecule has 0 radical (unpaired) electrons. The predicted octanol–water partition coefficient (Wildman–Crippen LogP) is 4.04. The lowest BCUT2D eigenvalue weighted by Gasteiger charge is -2.23. The van der Waals surface area contributed by atoms with Crippen LogP contribution in [0.25, 0.3) is 0 Å². The number of unbranched alkanes of at least 4 members (excludes halogenated alkanes) is 11. The lowest BCUT2D eigenvalue weighted by molar-refractivity contribution is 0.365. The fourth-order valence-corrected chi connectivity index (χ4v) is 2.69. The van der Waals surface area contributed by atoms with Gasteiger partial charge in [-0.05, 0) is 19.4 Å². The Morgan fingerprint density at radius 1 is 0.600 bits per heavy atom. The third kappa shape index (κ3) is 14.3.